The maximum atomic E-state index is 12.4. The lowest BCUT2D eigenvalue weighted by molar-refractivity contribution is 0.0696. The SMILES string of the molecule is CCOc1c(Br)cc(C(=O)Nc2ccc(C(=O)O)c(C)c2)cc1Br. The Morgan fingerprint density at radius 2 is 1.79 bits per heavy atom. The van der Waals surface area contributed by atoms with Crippen molar-refractivity contribution in [1.29, 1.82) is 0 Å². The van der Waals surface area contributed by atoms with Crippen LogP contribution in [-0.4, -0.2) is 23.6 Å². The van der Waals surface area contributed by atoms with Crippen molar-refractivity contribution in [2.45, 2.75) is 13.8 Å². The van der Waals surface area contributed by atoms with E-state index in [1.165, 1.54) is 6.07 Å². The molecule has 0 atom stereocenters. The number of carboxylic acids is 1. The Morgan fingerprint density at radius 1 is 1.17 bits per heavy atom. The van der Waals surface area contributed by atoms with Gasteiger partial charge in [-0.2, -0.15) is 0 Å². The normalized spacial score (nSPS) is 10.3. The molecule has 0 aliphatic heterocycles. The number of carboxylic acid groups (broad SMARTS) is 1. The number of nitrogens with one attached hydrogen (secondary N) is 1. The minimum Gasteiger partial charge on any atom is -0.492 e. The molecule has 126 valence electrons. The van der Waals surface area contributed by atoms with Crippen LogP contribution in [0.5, 0.6) is 5.75 Å². The molecule has 2 N–H and O–H groups in total. The number of hydrogen-bond donors (Lipinski definition) is 2. The lowest BCUT2D eigenvalue weighted by atomic mass is 10.1. The average molecular weight is 457 g/mol. The summed E-state index contributed by atoms with van der Waals surface area (Å²) in [6, 6.07) is 8.00. The van der Waals surface area contributed by atoms with E-state index in [0.29, 0.717) is 38.1 Å². The van der Waals surface area contributed by atoms with Crippen LogP contribution < -0.4 is 10.1 Å². The molecule has 7 heteroatoms. The Kier molecular flexibility index (Phi) is 6.01. The zero-order chi connectivity index (χ0) is 17.9. The van der Waals surface area contributed by atoms with Gasteiger partial charge >= 0.3 is 5.97 Å². The van der Waals surface area contributed by atoms with Crippen LogP contribution in [0.25, 0.3) is 0 Å². The Hall–Kier alpha value is -1.86. The summed E-state index contributed by atoms with van der Waals surface area (Å²) in [7, 11) is 0. The Morgan fingerprint density at radius 3 is 2.29 bits per heavy atom. The predicted molar refractivity (Wildman–Crippen MR) is 99.1 cm³/mol. The average Bonchev–Trinajstić information content (AvgIpc) is 2.50. The lowest BCUT2D eigenvalue weighted by Crippen LogP contribution is -2.13. The maximum Gasteiger partial charge on any atom is 0.335 e. The van der Waals surface area contributed by atoms with Gasteiger partial charge in [0.2, 0.25) is 0 Å². The molecule has 0 aromatic heterocycles. The fraction of sp³-hybridized carbons (Fsp3) is 0.176. The van der Waals surface area contributed by atoms with Crippen LogP contribution >= 0.6 is 31.9 Å². The molecule has 0 heterocycles. The van der Waals surface area contributed by atoms with Crippen LogP contribution in [0.2, 0.25) is 0 Å². The van der Waals surface area contributed by atoms with Gasteiger partial charge in [-0.1, -0.05) is 0 Å². The Labute approximate surface area is 156 Å². The minimum atomic E-state index is -0.996. The number of amides is 1. The summed E-state index contributed by atoms with van der Waals surface area (Å²) < 4.78 is 6.83. The van der Waals surface area contributed by atoms with Crippen molar-refractivity contribution >= 4 is 49.4 Å². The largest absolute Gasteiger partial charge is 0.492 e. The lowest BCUT2D eigenvalue weighted by Gasteiger charge is -2.12. The fourth-order valence-electron chi connectivity index (χ4n) is 2.16. The quantitative estimate of drug-likeness (QED) is 0.672. The molecule has 1 amide bonds. The molecular formula is C17H15Br2NO4. The zero-order valence-electron chi connectivity index (χ0n) is 13.0. The molecule has 0 saturated carbocycles. The predicted octanol–water partition coefficient (Wildman–Crippen LogP) is 4.87. The second kappa shape index (κ2) is 7.81. The molecule has 0 aliphatic rings. The van der Waals surface area contributed by atoms with Crippen molar-refractivity contribution in [3.05, 3.63) is 56.0 Å². The van der Waals surface area contributed by atoms with Gasteiger partial charge in [0.05, 0.1) is 21.1 Å². The molecule has 0 radical (unpaired) electrons. The molecule has 2 aromatic carbocycles. The van der Waals surface area contributed by atoms with Crippen molar-refractivity contribution in [3.8, 4) is 5.75 Å². The molecular weight excluding hydrogens is 442 g/mol. The first-order valence-corrected chi connectivity index (χ1v) is 8.69. The Balaban J connectivity index is 2.24. The Bertz CT molecular complexity index is 782. The molecule has 2 rings (SSSR count). The van der Waals surface area contributed by atoms with Gasteiger partial charge < -0.3 is 15.2 Å². The number of hydrogen-bond acceptors (Lipinski definition) is 3. The molecule has 0 fully saturated rings. The van der Waals surface area contributed by atoms with E-state index in [1.54, 1.807) is 31.2 Å². The summed E-state index contributed by atoms with van der Waals surface area (Å²) in [5.41, 5.74) is 1.76. The summed E-state index contributed by atoms with van der Waals surface area (Å²) >= 11 is 6.78. The van der Waals surface area contributed by atoms with E-state index in [0.717, 1.165) is 0 Å². The number of anilines is 1. The van der Waals surface area contributed by atoms with Gasteiger partial charge in [0.15, 0.2) is 0 Å². The summed E-state index contributed by atoms with van der Waals surface area (Å²) in [5.74, 6) is -0.664. The molecule has 0 bridgehead atoms. The molecule has 5 nitrogen and oxygen atoms in total. The molecule has 2 aromatic rings. The third kappa shape index (κ3) is 4.15. The van der Waals surface area contributed by atoms with Crippen LogP contribution in [-0.2, 0) is 0 Å². The highest BCUT2D eigenvalue weighted by molar-refractivity contribution is 9.11. The second-order valence-corrected chi connectivity index (χ2v) is 6.70. The van der Waals surface area contributed by atoms with E-state index in [-0.39, 0.29) is 11.5 Å². The maximum absolute atomic E-state index is 12.4. The van der Waals surface area contributed by atoms with Crippen LogP contribution in [0.15, 0.2) is 39.3 Å². The number of carbonyl (C=O) groups is 2. The van der Waals surface area contributed by atoms with E-state index in [2.05, 4.69) is 37.2 Å². The van der Waals surface area contributed by atoms with E-state index in [9.17, 15) is 9.59 Å². The van der Waals surface area contributed by atoms with Gasteiger partial charge in [0, 0.05) is 11.3 Å². The van der Waals surface area contributed by atoms with Gasteiger partial charge in [0.1, 0.15) is 5.75 Å². The summed E-state index contributed by atoms with van der Waals surface area (Å²) in [6.45, 7) is 4.07. The van der Waals surface area contributed by atoms with Gasteiger partial charge in [-0.3, -0.25) is 4.79 Å². The number of carbonyl (C=O) groups excluding carboxylic acids is 1. The highest BCUT2D eigenvalue weighted by atomic mass is 79.9. The van der Waals surface area contributed by atoms with Crippen LogP contribution in [0.1, 0.15) is 33.2 Å². The molecule has 24 heavy (non-hydrogen) atoms. The molecule has 0 saturated heterocycles. The zero-order valence-corrected chi connectivity index (χ0v) is 16.2. The third-order valence-corrected chi connectivity index (χ3v) is 4.44. The van der Waals surface area contributed by atoms with Gasteiger partial charge in [-0.15, -0.1) is 0 Å². The highest BCUT2D eigenvalue weighted by Crippen LogP contribution is 2.35. The molecule has 0 spiro atoms. The third-order valence-electron chi connectivity index (χ3n) is 3.26. The number of rotatable bonds is 5. The van der Waals surface area contributed by atoms with Crippen molar-refractivity contribution in [2.75, 3.05) is 11.9 Å². The van der Waals surface area contributed by atoms with Crippen molar-refractivity contribution in [1.82, 2.24) is 0 Å². The monoisotopic (exact) mass is 455 g/mol. The number of ether oxygens (including phenoxy) is 1. The first-order valence-electron chi connectivity index (χ1n) is 7.10. The van der Waals surface area contributed by atoms with Gasteiger partial charge in [-0.25, -0.2) is 4.79 Å². The smallest absolute Gasteiger partial charge is 0.335 e. The summed E-state index contributed by atoms with van der Waals surface area (Å²) in [5, 5.41) is 11.8. The van der Waals surface area contributed by atoms with Gasteiger partial charge in [-0.05, 0) is 81.6 Å². The second-order valence-electron chi connectivity index (χ2n) is 4.99. The van der Waals surface area contributed by atoms with Gasteiger partial charge in [0.25, 0.3) is 5.91 Å². The van der Waals surface area contributed by atoms with Crippen molar-refractivity contribution in [3.63, 3.8) is 0 Å². The first-order chi connectivity index (χ1) is 11.3. The summed E-state index contributed by atoms with van der Waals surface area (Å²) in [6.07, 6.45) is 0. The first kappa shape index (κ1) is 18.5. The van der Waals surface area contributed by atoms with E-state index >= 15 is 0 Å². The van der Waals surface area contributed by atoms with Crippen LogP contribution in [0, 0.1) is 6.92 Å². The summed E-state index contributed by atoms with van der Waals surface area (Å²) in [4.78, 5) is 23.4. The number of aryl methyl sites for hydroxylation is 1. The molecule has 0 unspecified atom stereocenters. The minimum absolute atomic E-state index is 0.208. The van der Waals surface area contributed by atoms with E-state index in [1.807, 2.05) is 6.92 Å². The van der Waals surface area contributed by atoms with Crippen LogP contribution in [0.3, 0.4) is 0 Å². The standard InChI is InChI=1S/C17H15Br2NO4/c1-3-24-15-13(18)7-10(8-14(15)19)16(21)20-11-4-5-12(17(22)23)9(2)6-11/h4-8H,3H2,1-2H3,(H,20,21)(H,22,23). The topological polar surface area (TPSA) is 75.6 Å². The van der Waals surface area contributed by atoms with E-state index in [4.69, 9.17) is 9.84 Å². The molecule has 0 aliphatic carbocycles. The number of benzene rings is 2. The number of aromatic carboxylic acids is 1. The van der Waals surface area contributed by atoms with Crippen molar-refractivity contribution in [2.24, 2.45) is 0 Å². The number of halogens is 2. The van der Waals surface area contributed by atoms with Crippen LogP contribution in [0.4, 0.5) is 5.69 Å². The van der Waals surface area contributed by atoms with E-state index < -0.39 is 5.97 Å². The van der Waals surface area contributed by atoms with Crippen molar-refractivity contribution < 1.29 is 19.4 Å². The fourth-order valence-corrected chi connectivity index (χ4v) is 3.57. The highest BCUT2D eigenvalue weighted by Gasteiger charge is 2.14.